The van der Waals surface area contributed by atoms with Gasteiger partial charge in [0.1, 0.15) is 0 Å². The van der Waals surface area contributed by atoms with Crippen LogP contribution in [0.1, 0.15) is 22.4 Å². The molecule has 0 aliphatic rings. The molecule has 5 heteroatoms. The first kappa shape index (κ1) is 18.1. The van der Waals surface area contributed by atoms with E-state index in [4.69, 9.17) is 11.6 Å². The van der Waals surface area contributed by atoms with Crippen molar-refractivity contribution in [2.75, 3.05) is 5.32 Å². The predicted molar refractivity (Wildman–Crippen MR) is 107 cm³/mol. The van der Waals surface area contributed by atoms with E-state index < -0.39 is 0 Å². The molecule has 26 heavy (non-hydrogen) atoms. The summed E-state index contributed by atoms with van der Waals surface area (Å²) in [7, 11) is 0. The highest BCUT2D eigenvalue weighted by Crippen LogP contribution is 2.16. The lowest BCUT2D eigenvalue weighted by molar-refractivity contribution is 0.251. The topological polar surface area (TPSA) is 46.1 Å². The van der Waals surface area contributed by atoms with Gasteiger partial charge in [-0.2, -0.15) is 0 Å². The Bertz CT molecular complexity index is 917. The first-order valence-electron chi connectivity index (χ1n) is 8.52. The van der Waals surface area contributed by atoms with Crippen LogP contribution in [-0.2, 0) is 13.1 Å². The second-order valence-corrected chi connectivity index (χ2v) is 6.81. The molecule has 0 atom stereocenters. The van der Waals surface area contributed by atoms with E-state index >= 15 is 0 Å². The number of aromatic nitrogens is 1. The fraction of sp³-hybridized carbons (Fsp3) is 0.190. The Hall–Kier alpha value is -2.72. The van der Waals surface area contributed by atoms with Crippen molar-refractivity contribution in [2.45, 2.75) is 26.9 Å². The Morgan fingerprint density at radius 3 is 2.73 bits per heavy atom. The Morgan fingerprint density at radius 1 is 1.08 bits per heavy atom. The average Bonchev–Trinajstić information content (AvgIpc) is 3.03. The fourth-order valence-corrected chi connectivity index (χ4v) is 3.02. The Labute approximate surface area is 158 Å². The van der Waals surface area contributed by atoms with E-state index in [9.17, 15) is 4.79 Å². The minimum Gasteiger partial charge on any atom is -0.345 e. The van der Waals surface area contributed by atoms with Gasteiger partial charge in [0.05, 0.1) is 6.54 Å². The second-order valence-electron chi connectivity index (χ2n) is 6.38. The van der Waals surface area contributed by atoms with E-state index in [-0.39, 0.29) is 6.03 Å². The summed E-state index contributed by atoms with van der Waals surface area (Å²) in [6.45, 7) is 5.45. The van der Waals surface area contributed by atoms with E-state index in [2.05, 4.69) is 47.2 Å². The first-order chi connectivity index (χ1) is 12.5. The lowest BCUT2D eigenvalue weighted by Crippen LogP contribution is -2.29. The van der Waals surface area contributed by atoms with E-state index in [1.54, 1.807) is 24.3 Å². The van der Waals surface area contributed by atoms with Gasteiger partial charge < -0.3 is 15.2 Å². The number of urea groups is 1. The van der Waals surface area contributed by atoms with Gasteiger partial charge in [0, 0.05) is 29.1 Å². The lowest BCUT2D eigenvalue weighted by atomic mass is 10.1. The number of amides is 2. The number of hydrogen-bond acceptors (Lipinski definition) is 1. The summed E-state index contributed by atoms with van der Waals surface area (Å²) in [4.78, 5) is 12.1. The van der Waals surface area contributed by atoms with Crippen LogP contribution in [0.4, 0.5) is 10.5 Å². The second kappa shape index (κ2) is 8.11. The molecule has 3 aromatic rings. The molecule has 3 rings (SSSR count). The van der Waals surface area contributed by atoms with Crippen LogP contribution in [0.5, 0.6) is 0 Å². The van der Waals surface area contributed by atoms with Crippen molar-refractivity contribution in [1.29, 1.82) is 0 Å². The third kappa shape index (κ3) is 4.67. The minimum atomic E-state index is -0.258. The minimum absolute atomic E-state index is 0.258. The number of carbonyl (C=O) groups is 1. The number of hydrogen-bond donors (Lipinski definition) is 2. The van der Waals surface area contributed by atoms with Gasteiger partial charge in [-0.15, -0.1) is 0 Å². The molecule has 1 heterocycles. The molecular weight excluding hydrogens is 346 g/mol. The smallest absolute Gasteiger partial charge is 0.319 e. The maximum atomic E-state index is 12.1. The van der Waals surface area contributed by atoms with E-state index in [1.807, 2.05) is 18.3 Å². The zero-order valence-electron chi connectivity index (χ0n) is 14.9. The van der Waals surface area contributed by atoms with Crippen molar-refractivity contribution in [1.82, 2.24) is 9.88 Å². The summed E-state index contributed by atoms with van der Waals surface area (Å²) in [5.41, 5.74) is 5.51. The largest absolute Gasteiger partial charge is 0.345 e. The molecule has 0 saturated heterocycles. The van der Waals surface area contributed by atoms with E-state index in [0.29, 0.717) is 17.3 Å². The summed E-state index contributed by atoms with van der Waals surface area (Å²) < 4.78 is 2.15. The molecule has 0 radical (unpaired) electrons. The van der Waals surface area contributed by atoms with Crippen LogP contribution in [-0.4, -0.2) is 10.6 Å². The van der Waals surface area contributed by atoms with E-state index in [0.717, 1.165) is 12.2 Å². The number of nitrogens with zero attached hydrogens (tertiary/aromatic N) is 1. The van der Waals surface area contributed by atoms with Crippen molar-refractivity contribution < 1.29 is 4.79 Å². The summed E-state index contributed by atoms with van der Waals surface area (Å²) in [5, 5.41) is 6.27. The van der Waals surface area contributed by atoms with Crippen molar-refractivity contribution in [3.05, 3.63) is 88.2 Å². The zero-order chi connectivity index (χ0) is 18.5. The highest BCUT2D eigenvalue weighted by molar-refractivity contribution is 6.30. The zero-order valence-corrected chi connectivity index (χ0v) is 15.7. The molecule has 134 valence electrons. The molecular formula is C21H22ClN3O. The van der Waals surface area contributed by atoms with Crippen LogP contribution in [0.2, 0.25) is 5.02 Å². The number of halogens is 1. The van der Waals surface area contributed by atoms with Crippen LogP contribution >= 0.6 is 11.6 Å². The highest BCUT2D eigenvalue weighted by atomic mass is 35.5. The molecule has 2 amide bonds. The molecule has 0 fully saturated rings. The van der Waals surface area contributed by atoms with Gasteiger partial charge in [0.25, 0.3) is 0 Å². The quantitative estimate of drug-likeness (QED) is 0.645. The van der Waals surface area contributed by atoms with Gasteiger partial charge in [0.15, 0.2) is 0 Å². The standard InChI is InChI=1S/C21H22ClN3O/c1-15-8-9-16(2)17(11-15)14-25-10-4-7-20(25)13-23-21(26)24-19-6-3-5-18(22)12-19/h3-12H,13-14H2,1-2H3,(H2,23,24,26). The predicted octanol–water partition coefficient (Wildman–Crippen LogP) is 5.13. The SMILES string of the molecule is Cc1ccc(C)c(Cn2cccc2CNC(=O)Nc2cccc(Cl)c2)c1. The van der Waals surface area contributed by atoms with Gasteiger partial charge in [-0.25, -0.2) is 4.79 Å². The Kier molecular flexibility index (Phi) is 5.64. The van der Waals surface area contributed by atoms with Gasteiger partial charge in [-0.3, -0.25) is 0 Å². The Morgan fingerprint density at radius 2 is 1.92 bits per heavy atom. The van der Waals surface area contributed by atoms with Gasteiger partial charge in [0.2, 0.25) is 0 Å². The number of aryl methyl sites for hydroxylation is 2. The summed E-state index contributed by atoms with van der Waals surface area (Å²) >= 11 is 5.93. The average molecular weight is 368 g/mol. The number of nitrogens with one attached hydrogen (secondary N) is 2. The molecule has 0 aliphatic heterocycles. The van der Waals surface area contributed by atoms with Crippen molar-refractivity contribution >= 4 is 23.3 Å². The van der Waals surface area contributed by atoms with Crippen LogP contribution < -0.4 is 10.6 Å². The molecule has 2 N–H and O–H groups in total. The number of carbonyl (C=O) groups excluding carboxylic acids is 1. The van der Waals surface area contributed by atoms with Crippen LogP contribution in [0, 0.1) is 13.8 Å². The third-order valence-corrected chi connectivity index (χ3v) is 4.52. The highest BCUT2D eigenvalue weighted by Gasteiger charge is 2.07. The molecule has 0 spiro atoms. The molecule has 0 saturated carbocycles. The third-order valence-electron chi connectivity index (χ3n) is 4.28. The summed E-state index contributed by atoms with van der Waals surface area (Å²) in [6, 6.07) is 17.3. The lowest BCUT2D eigenvalue weighted by Gasteiger charge is -2.13. The van der Waals surface area contributed by atoms with Crippen LogP contribution in [0.15, 0.2) is 60.8 Å². The molecule has 0 bridgehead atoms. The maximum absolute atomic E-state index is 12.1. The van der Waals surface area contributed by atoms with Crippen molar-refractivity contribution in [3.63, 3.8) is 0 Å². The monoisotopic (exact) mass is 367 g/mol. The van der Waals surface area contributed by atoms with E-state index in [1.165, 1.54) is 16.7 Å². The number of rotatable bonds is 5. The first-order valence-corrected chi connectivity index (χ1v) is 8.89. The molecule has 4 nitrogen and oxygen atoms in total. The van der Waals surface area contributed by atoms with Crippen molar-refractivity contribution in [3.8, 4) is 0 Å². The number of anilines is 1. The fourth-order valence-electron chi connectivity index (χ4n) is 2.83. The van der Waals surface area contributed by atoms with Crippen LogP contribution in [0.25, 0.3) is 0 Å². The van der Waals surface area contributed by atoms with Gasteiger partial charge >= 0.3 is 6.03 Å². The normalized spacial score (nSPS) is 10.6. The number of benzene rings is 2. The van der Waals surface area contributed by atoms with Gasteiger partial charge in [-0.1, -0.05) is 41.4 Å². The molecule has 0 unspecified atom stereocenters. The van der Waals surface area contributed by atoms with Crippen LogP contribution in [0.3, 0.4) is 0 Å². The maximum Gasteiger partial charge on any atom is 0.319 e. The van der Waals surface area contributed by atoms with Gasteiger partial charge in [-0.05, 0) is 55.3 Å². The molecule has 2 aromatic carbocycles. The summed E-state index contributed by atoms with van der Waals surface area (Å²) in [6.07, 6.45) is 2.04. The summed E-state index contributed by atoms with van der Waals surface area (Å²) in [5.74, 6) is 0. The molecule has 0 aliphatic carbocycles. The molecule has 1 aromatic heterocycles. The van der Waals surface area contributed by atoms with Crippen molar-refractivity contribution in [2.24, 2.45) is 0 Å². The Balaban J connectivity index is 1.62.